The average molecular weight is 494 g/mol. The van der Waals surface area contributed by atoms with Crippen LogP contribution in [0.3, 0.4) is 0 Å². The predicted octanol–water partition coefficient (Wildman–Crippen LogP) is 5.60. The lowest BCUT2D eigenvalue weighted by Crippen LogP contribution is -2.50. The summed E-state index contributed by atoms with van der Waals surface area (Å²) in [5, 5.41) is 0.131. The van der Waals surface area contributed by atoms with Crippen molar-refractivity contribution in [2.24, 2.45) is 11.8 Å². The number of halogens is 7. The molecule has 1 aromatic rings. The van der Waals surface area contributed by atoms with Gasteiger partial charge in [-0.1, -0.05) is 64.1 Å². The van der Waals surface area contributed by atoms with Gasteiger partial charge in [0.05, 0.1) is 27.6 Å². The van der Waals surface area contributed by atoms with Gasteiger partial charge in [-0.2, -0.15) is 0 Å². The van der Waals surface area contributed by atoms with Gasteiger partial charge in [0.25, 0.3) is 0 Å². The summed E-state index contributed by atoms with van der Waals surface area (Å²) in [4.78, 5) is 23.8. The summed E-state index contributed by atoms with van der Waals surface area (Å²) < 4.78 is -1.94. The molecule has 26 heavy (non-hydrogen) atoms. The molecule has 0 aromatic heterocycles. The summed E-state index contributed by atoms with van der Waals surface area (Å²) in [6.07, 6.45) is 0. The van der Waals surface area contributed by atoms with Crippen molar-refractivity contribution in [1.29, 1.82) is 0 Å². The van der Waals surface area contributed by atoms with Gasteiger partial charge in [-0.25, -0.2) is 4.90 Å². The van der Waals surface area contributed by atoms with Crippen LogP contribution in [-0.2, 0) is 9.59 Å². The molecule has 138 valence electrons. The zero-order valence-corrected chi connectivity index (χ0v) is 18.1. The van der Waals surface area contributed by atoms with Crippen LogP contribution >= 0.6 is 81.2 Å². The number of hydrogen-bond donors (Lipinski definition) is 0. The Balaban J connectivity index is 1.94. The van der Waals surface area contributed by atoms with Crippen molar-refractivity contribution in [2.45, 2.75) is 21.0 Å². The van der Waals surface area contributed by atoms with Crippen molar-refractivity contribution < 1.29 is 9.59 Å². The second kappa shape index (κ2) is 5.60. The van der Waals surface area contributed by atoms with Gasteiger partial charge in [0, 0.05) is 5.02 Å². The highest BCUT2D eigenvalue weighted by Crippen LogP contribution is 2.77. The van der Waals surface area contributed by atoms with E-state index in [-0.39, 0.29) is 10.1 Å². The first kappa shape index (κ1) is 19.4. The number of benzene rings is 1. The second-order valence-electron chi connectivity index (χ2n) is 6.52. The summed E-state index contributed by atoms with van der Waals surface area (Å²) >= 11 is 44.7. The molecule has 10 heteroatoms. The highest BCUT2D eigenvalue weighted by molar-refractivity contribution is 6.67. The number of aryl methyl sites for hydroxylation is 1. The van der Waals surface area contributed by atoms with Crippen LogP contribution in [0.25, 0.3) is 0 Å². The third-order valence-electron chi connectivity index (χ3n) is 5.32. The number of carbonyl (C=O) groups is 2. The Hall–Kier alpha value is 0.130. The number of carbonyl (C=O) groups excluding carboxylic acids is 2. The highest BCUT2D eigenvalue weighted by Gasteiger charge is 2.87. The number of fused-ring (bicyclic) bond motifs is 5. The molecule has 3 aliphatic rings. The Morgan fingerprint density at radius 1 is 0.885 bits per heavy atom. The van der Waals surface area contributed by atoms with E-state index in [2.05, 4.69) is 0 Å². The molecule has 0 unspecified atom stereocenters. The summed E-state index contributed by atoms with van der Waals surface area (Å²) in [7, 11) is 0. The molecule has 4 atom stereocenters. The standard InChI is InChI=1S/C16H8Cl7NO2/c1-5-2-3-6(17)4-7(5)24-12(25)8-9(13(24)26)15(21)11(19)10(18)14(8,20)16(15,22)23/h2-4,8-9H,1H3/t8-,9-,14+,15+/m1/s1. The van der Waals surface area contributed by atoms with Crippen molar-refractivity contribution in [3.05, 3.63) is 38.8 Å². The Morgan fingerprint density at radius 3 is 1.81 bits per heavy atom. The molecule has 2 aliphatic carbocycles. The maximum atomic E-state index is 13.2. The summed E-state index contributed by atoms with van der Waals surface area (Å²) in [6.45, 7) is 1.74. The van der Waals surface area contributed by atoms with Gasteiger partial charge in [0.1, 0.15) is 9.75 Å². The van der Waals surface area contributed by atoms with Gasteiger partial charge in [-0.15, -0.1) is 23.2 Å². The van der Waals surface area contributed by atoms with E-state index < -0.39 is 37.7 Å². The third kappa shape index (κ3) is 1.87. The van der Waals surface area contributed by atoms with Gasteiger partial charge in [0.15, 0.2) is 4.33 Å². The molecule has 1 saturated carbocycles. The fraction of sp³-hybridized carbons (Fsp3) is 0.375. The molecule has 1 heterocycles. The highest BCUT2D eigenvalue weighted by atomic mass is 35.5. The van der Waals surface area contributed by atoms with Crippen LogP contribution in [0.2, 0.25) is 5.02 Å². The number of allylic oxidation sites excluding steroid dienone is 2. The number of hydrogen-bond acceptors (Lipinski definition) is 2. The Morgan fingerprint density at radius 2 is 1.35 bits per heavy atom. The smallest absolute Gasteiger partial charge is 0.240 e. The Labute approximate surface area is 184 Å². The number of amides is 2. The molecule has 0 N–H and O–H groups in total. The molecule has 4 rings (SSSR count). The molecular formula is C16H8Cl7NO2. The fourth-order valence-electron chi connectivity index (χ4n) is 4.06. The van der Waals surface area contributed by atoms with Crippen LogP contribution in [0.1, 0.15) is 5.56 Å². The molecular weight excluding hydrogens is 486 g/mol. The first-order valence-electron chi connectivity index (χ1n) is 7.38. The lowest BCUT2D eigenvalue weighted by molar-refractivity contribution is -0.123. The fourth-order valence-corrected chi connectivity index (χ4v) is 7.15. The van der Waals surface area contributed by atoms with Crippen LogP contribution in [-0.4, -0.2) is 25.9 Å². The topological polar surface area (TPSA) is 37.4 Å². The number of nitrogens with zero attached hydrogens (tertiary/aromatic N) is 1. The van der Waals surface area contributed by atoms with Crippen LogP contribution in [0, 0.1) is 18.8 Å². The zero-order chi connectivity index (χ0) is 19.4. The minimum absolute atomic E-state index is 0.118. The third-order valence-corrected chi connectivity index (χ3v) is 9.81. The minimum Gasteiger partial charge on any atom is -0.274 e. The maximum absolute atomic E-state index is 13.2. The van der Waals surface area contributed by atoms with Gasteiger partial charge >= 0.3 is 0 Å². The minimum atomic E-state index is -1.94. The number of rotatable bonds is 1. The molecule has 2 fully saturated rings. The monoisotopic (exact) mass is 491 g/mol. The molecule has 1 aromatic carbocycles. The average Bonchev–Trinajstić information content (AvgIpc) is 2.95. The van der Waals surface area contributed by atoms with E-state index >= 15 is 0 Å². The number of anilines is 1. The SMILES string of the molecule is Cc1ccc(Cl)cc1N1C(=O)[C@H]2[C@H](C1=O)[C@]1(Cl)C(Cl)=C(Cl)[C@]2(Cl)C1(Cl)Cl. The Kier molecular flexibility index (Phi) is 4.19. The number of alkyl halides is 4. The van der Waals surface area contributed by atoms with E-state index in [1.807, 2.05) is 0 Å². The van der Waals surface area contributed by atoms with E-state index in [4.69, 9.17) is 81.2 Å². The maximum Gasteiger partial charge on any atom is 0.240 e. The van der Waals surface area contributed by atoms with Gasteiger partial charge < -0.3 is 0 Å². The molecule has 2 bridgehead atoms. The van der Waals surface area contributed by atoms with Gasteiger partial charge in [-0.3, -0.25) is 9.59 Å². The van der Waals surface area contributed by atoms with Crippen LogP contribution < -0.4 is 4.90 Å². The van der Waals surface area contributed by atoms with E-state index in [1.54, 1.807) is 19.1 Å². The summed E-state index contributed by atoms with van der Waals surface area (Å²) in [5.74, 6) is -3.51. The van der Waals surface area contributed by atoms with Crippen molar-refractivity contribution in [3.8, 4) is 0 Å². The van der Waals surface area contributed by atoms with Crippen molar-refractivity contribution in [1.82, 2.24) is 0 Å². The largest absolute Gasteiger partial charge is 0.274 e. The Bertz CT molecular complexity index is 883. The zero-order valence-electron chi connectivity index (χ0n) is 12.8. The van der Waals surface area contributed by atoms with E-state index in [0.29, 0.717) is 16.3 Å². The van der Waals surface area contributed by atoms with E-state index in [0.717, 1.165) is 4.90 Å². The van der Waals surface area contributed by atoms with Crippen LogP contribution in [0.15, 0.2) is 28.3 Å². The quantitative estimate of drug-likeness (QED) is 0.377. The van der Waals surface area contributed by atoms with E-state index in [9.17, 15) is 9.59 Å². The van der Waals surface area contributed by atoms with Gasteiger partial charge in [-0.05, 0) is 24.6 Å². The molecule has 0 radical (unpaired) electrons. The summed E-state index contributed by atoms with van der Waals surface area (Å²) in [5.41, 5.74) is 1.01. The van der Waals surface area contributed by atoms with Crippen LogP contribution in [0.4, 0.5) is 5.69 Å². The van der Waals surface area contributed by atoms with Gasteiger partial charge in [0.2, 0.25) is 11.8 Å². The normalized spacial score (nSPS) is 37.8. The number of imide groups is 1. The second-order valence-corrected chi connectivity index (χ2v) is 10.2. The molecule has 2 amide bonds. The molecule has 1 saturated heterocycles. The molecule has 3 nitrogen and oxygen atoms in total. The lowest BCUT2D eigenvalue weighted by atomic mass is 9.84. The lowest BCUT2D eigenvalue weighted by Gasteiger charge is -2.34. The summed E-state index contributed by atoms with van der Waals surface area (Å²) in [6, 6.07) is 4.86. The first-order valence-corrected chi connectivity index (χ1v) is 10.0. The van der Waals surface area contributed by atoms with E-state index in [1.165, 1.54) is 6.07 Å². The van der Waals surface area contributed by atoms with Crippen molar-refractivity contribution >= 4 is 98.7 Å². The predicted molar refractivity (Wildman–Crippen MR) is 106 cm³/mol. The van der Waals surface area contributed by atoms with Crippen LogP contribution in [0.5, 0.6) is 0 Å². The molecule has 1 aliphatic heterocycles. The molecule has 0 spiro atoms. The van der Waals surface area contributed by atoms with Crippen molar-refractivity contribution in [2.75, 3.05) is 4.90 Å². The van der Waals surface area contributed by atoms with Crippen molar-refractivity contribution in [3.63, 3.8) is 0 Å². The first-order chi connectivity index (χ1) is 11.9.